The number of hydrogen-bond donors (Lipinski definition) is 2. The number of aromatic amines is 1. The van der Waals surface area contributed by atoms with E-state index in [9.17, 15) is 13.6 Å². The number of aromatic nitrogens is 2. The predicted molar refractivity (Wildman–Crippen MR) is 88.1 cm³/mol. The number of anilines is 1. The van der Waals surface area contributed by atoms with Crippen molar-refractivity contribution in [3.8, 4) is 11.3 Å². The predicted octanol–water partition coefficient (Wildman–Crippen LogP) is 4.57. The molecule has 1 heterocycles. The molecule has 3 rings (SSSR count). The van der Waals surface area contributed by atoms with E-state index in [2.05, 4.69) is 15.5 Å². The molecule has 7 heteroatoms. The topological polar surface area (TPSA) is 57.8 Å². The van der Waals surface area contributed by atoms with Gasteiger partial charge < -0.3 is 5.32 Å². The average Bonchev–Trinajstić information content (AvgIpc) is 2.89. The van der Waals surface area contributed by atoms with Gasteiger partial charge in [0, 0.05) is 10.6 Å². The minimum absolute atomic E-state index is 0.352. The van der Waals surface area contributed by atoms with Crippen LogP contribution < -0.4 is 5.32 Å². The summed E-state index contributed by atoms with van der Waals surface area (Å²) < 4.78 is 27.5. The van der Waals surface area contributed by atoms with E-state index in [-0.39, 0.29) is 0 Å². The molecule has 0 aliphatic rings. The Hall–Kier alpha value is -2.73. The Balaban J connectivity index is 1.98. The molecule has 2 N–H and O–H groups in total. The van der Waals surface area contributed by atoms with Gasteiger partial charge in [0.2, 0.25) is 0 Å². The summed E-state index contributed by atoms with van der Waals surface area (Å²) in [5.74, 6) is -2.74. The molecule has 0 spiro atoms. The van der Waals surface area contributed by atoms with Crippen molar-refractivity contribution in [2.75, 3.05) is 5.32 Å². The lowest BCUT2D eigenvalue weighted by molar-refractivity contribution is 0.101. The second-order valence-electron chi connectivity index (χ2n) is 5.13. The first-order chi connectivity index (χ1) is 11.5. The number of carbonyl (C=O) groups is 1. The minimum atomic E-state index is -0.929. The summed E-state index contributed by atoms with van der Waals surface area (Å²) in [4.78, 5) is 12.3. The Labute approximate surface area is 141 Å². The van der Waals surface area contributed by atoms with Crippen molar-refractivity contribution in [1.29, 1.82) is 0 Å². The molecule has 0 unspecified atom stereocenters. The largest absolute Gasteiger partial charge is 0.318 e. The number of halogens is 3. The third-order valence-corrected chi connectivity index (χ3v) is 3.75. The zero-order chi connectivity index (χ0) is 17.3. The van der Waals surface area contributed by atoms with Crippen LogP contribution in [0.15, 0.2) is 42.5 Å². The highest BCUT2D eigenvalue weighted by Gasteiger charge is 2.21. The number of amides is 1. The summed E-state index contributed by atoms with van der Waals surface area (Å²) >= 11 is 5.86. The SMILES string of the molecule is Cc1[nH]nc(-c2ccc(Cl)cc2)c1NC(=O)c1c(F)cccc1F. The van der Waals surface area contributed by atoms with Gasteiger partial charge in [-0.2, -0.15) is 5.10 Å². The number of nitrogens with zero attached hydrogens (tertiary/aromatic N) is 1. The lowest BCUT2D eigenvalue weighted by Crippen LogP contribution is -2.16. The van der Waals surface area contributed by atoms with Crippen LogP contribution in [0.4, 0.5) is 14.5 Å². The van der Waals surface area contributed by atoms with Gasteiger partial charge in [-0.25, -0.2) is 8.78 Å². The zero-order valence-electron chi connectivity index (χ0n) is 12.5. The van der Waals surface area contributed by atoms with Crippen LogP contribution in [-0.4, -0.2) is 16.1 Å². The van der Waals surface area contributed by atoms with E-state index in [4.69, 9.17) is 11.6 Å². The second-order valence-corrected chi connectivity index (χ2v) is 5.57. The Morgan fingerprint density at radius 3 is 2.38 bits per heavy atom. The van der Waals surface area contributed by atoms with Crippen molar-refractivity contribution < 1.29 is 13.6 Å². The van der Waals surface area contributed by atoms with Crippen LogP contribution in [0.3, 0.4) is 0 Å². The molecule has 0 aliphatic heterocycles. The molecule has 24 heavy (non-hydrogen) atoms. The van der Waals surface area contributed by atoms with Crippen LogP contribution in [0, 0.1) is 18.6 Å². The van der Waals surface area contributed by atoms with Crippen molar-refractivity contribution in [1.82, 2.24) is 10.2 Å². The minimum Gasteiger partial charge on any atom is -0.318 e. The molecule has 0 saturated heterocycles. The van der Waals surface area contributed by atoms with Gasteiger partial charge in [0.25, 0.3) is 5.91 Å². The fourth-order valence-electron chi connectivity index (χ4n) is 2.29. The van der Waals surface area contributed by atoms with Gasteiger partial charge in [0.1, 0.15) is 22.9 Å². The molecule has 0 saturated carbocycles. The van der Waals surface area contributed by atoms with Crippen LogP contribution in [-0.2, 0) is 0 Å². The number of nitrogens with one attached hydrogen (secondary N) is 2. The number of benzene rings is 2. The van der Waals surface area contributed by atoms with Gasteiger partial charge >= 0.3 is 0 Å². The van der Waals surface area contributed by atoms with Gasteiger partial charge in [0.05, 0.1) is 11.4 Å². The first-order valence-electron chi connectivity index (χ1n) is 7.03. The highest BCUT2D eigenvalue weighted by molar-refractivity contribution is 6.30. The molecule has 0 radical (unpaired) electrons. The first-order valence-corrected chi connectivity index (χ1v) is 7.41. The van der Waals surface area contributed by atoms with E-state index in [1.165, 1.54) is 6.07 Å². The highest BCUT2D eigenvalue weighted by Crippen LogP contribution is 2.30. The monoisotopic (exact) mass is 347 g/mol. The Kier molecular flexibility index (Phi) is 4.31. The number of aryl methyl sites for hydroxylation is 1. The molecule has 4 nitrogen and oxygen atoms in total. The fraction of sp³-hybridized carbons (Fsp3) is 0.0588. The number of hydrogen-bond acceptors (Lipinski definition) is 2. The smallest absolute Gasteiger partial charge is 0.261 e. The van der Waals surface area contributed by atoms with Gasteiger partial charge in [0.15, 0.2) is 0 Å². The summed E-state index contributed by atoms with van der Waals surface area (Å²) in [5, 5.41) is 9.97. The molecule has 0 fully saturated rings. The van der Waals surface area contributed by atoms with E-state index in [0.29, 0.717) is 27.7 Å². The van der Waals surface area contributed by atoms with Crippen LogP contribution in [0.5, 0.6) is 0 Å². The Morgan fingerprint density at radius 2 is 1.75 bits per heavy atom. The van der Waals surface area contributed by atoms with Gasteiger partial charge in [-0.1, -0.05) is 29.8 Å². The molecule has 122 valence electrons. The molecule has 0 atom stereocenters. The fourth-order valence-corrected chi connectivity index (χ4v) is 2.42. The summed E-state index contributed by atoms with van der Waals surface area (Å²) in [6.07, 6.45) is 0. The highest BCUT2D eigenvalue weighted by atomic mass is 35.5. The summed E-state index contributed by atoms with van der Waals surface area (Å²) in [5.41, 5.74) is 1.43. The molecule has 1 amide bonds. The maximum Gasteiger partial charge on any atom is 0.261 e. The molecule has 0 aliphatic carbocycles. The number of rotatable bonds is 3. The lowest BCUT2D eigenvalue weighted by atomic mass is 10.1. The molecule has 0 bridgehead atoms. The third kappa shape index (κ3) is 3.00. The van der Waals surface area contributed by atoms with E-state index in [1.54, 1.807) is 31.2 Å². The summed E-state index contributed by atoms with van der Waals surface area (Å²) in [6, 6.07) is 10.1. The van der Waals surface area contributed by atoms with E-state index >= 15 is 0 Å². The van der Waals surface area contributed by atoms with Gasteiger partial charge in [-0.3, -0.25) is 9.89 Å². The zero-order valence-corrected chi connectivity index (χ0v) is 13.3. The summed E-state index contributed by atoms with van der Waals surface area (Å²) in [6.45, 7) is 1.69. The van der Waals surface area contributed by atoms with Crippen molar-refractivity contribution >= 4 is 23.2 Å². The number of H-pyrrole nitrogens is 1. The Morgan fingerprint density at radius 1 is 1.12 bits per heavy atom. The maximum atomic E-state index is 13.8. The lowest BCUT2D eigenvalue weighted by Gasteiger charge is -2.08. The van der Waals surface area contributed by atoms with E-state index in [0.717, 1.165) is 12.1 Å². The van der Waals surface area contributed by atoms with Crippen molar-refractivity contribution in [3.05, 3.63) is 70.4 Å². The standard InChI is InChI=1S/C17H12ClF2N3O/c1-9-15(16(23-22-9)10-5-7-11(18)8-6-10)21-17(24)14-12(19)3-2-4-13(14)20/h2-8H,1H3,(H,21,24)(H,22,23). The van der Waals surface area contributed by atoms with Crippen LogP contribution in [0.2, 0.25) is 5.02 Å². The van der Waals surface area contributed by atoms with Crippen molar-refractivity contribution in [3.63, 3.8) is 0 Å². The van der Waals surface area contributed by atoms with Crippen molar-refractivity contribution in [2.45, 2.75) is 6.92 Å². The normalized spacial score (nSPS) is 10.7. The van der Waals surface area contributed by atoms with E-state index in [1.807, 2.05) is 0 Å². The molecular formula is C17H12ClF2N3O. The van der Waals surface area contributed by atoms with Crippen LogP contribution in [0.1, 0.15) is 16.1 Å². The number of carbonyl (C=O) groups excluding carboxylic acids is 1. The quantitative estimate of drug-likeness (QED) is 0.729. The van der Waals surface area contributed by atoms with Crippen LogP contribution >= 0.6 is 11.6 Å². The van der Waals surface area contributed by atoms with Crippen molar-refractivity contribution in [2.24, 2.45) is 0 Å². The average molecular weight is 348 g/mol. The first kappa shape index (κ1) is 16.1. The molecule has 3 aromatic rings. The third-order valence-electron chi connectivity index (χ3n) is 3.49. The second kappa shape index (κ2) is 6.41. The molecule has 2 aromatic carbocycles. The van der Waals surface area contributed by atoms with Gasteiger partial charge in [-0.05, 0) is 31.2 Å². The summed E-state index contributed by atoms with van der Waals surface area (Å²) in [7, 11) is 0. The molecular weight excluding hydrogens is 336 g/mol. The molecule has 1 aromatic heterocycles. The maximum absolute atomic E-state index is 13.8. The van der Waals surface area contributed by atoms with E-state index < -0.39 is 23.1 Å². The van der Waals surface area contributed by atoms with Gasteiger partial charge in [-0.15, -0.1) is 0 Å². The van der Waals surface area contributed by atoms with Crippen LogP contribution in [0.25, 0.3) is 11.3 Å². The Bertz CT molecular complexity index is 886.